The second kappa shape index (κ2) is 7.21. The molecule has 3 heterocycles. The van der Waals surface area contributed by atoms with Crippen LogP contribution in [0.4, 0.5) is 0 Å². The molecule has 0 radical (unpaired) electrons. The highest BCUT2D eigenvalue weighted by Crippen LogP contribution is 2.29. The highest BCUT2D eigenvalue weighted by molar-refractivity contribution is 7.14. The zero-order valence-corrected chi connectivity index (χ0v) is 14.5. The topological polar surface area (TPSA) is 67.2 Å². The van der Waals surface area contributed by atoms with E-state index in [0.29, 0.717) is 24.2 Å². The number of carbonyl (C=O) groups is 1. The molecule has 1 amide bonds. The van der Waals surface area contributed by atoms with Crippen LogP contribution in [-0.4, -0.2) is 17.4 Å². The van der Waals surface area contributed by atoms with E-state index in [1.807, 2.05) is 42.5 Å². The van der Waals surface area contributed by atoms with Crippen molar-refractivity contribution in [3.8, 4) is 11.5 Å². The molecule has 128 valence electrons. The van der Waals surface area contributed by atoms with Crippen LogP contribution >= 0.6 is 11.3 Å². The van der Waals surface area contributed by atoms with Crippen molar-refractivity contribution < 1.29 is 9.21 Å². The summed E-state index contributed by atoms with van der Waals surface area (Å²) in [6, 6.07) is 14.1. The van der Waals surface area contributed by atoms with Crippen LogP contribution in [0.1, 0.15) is 39.1 Å². The summed E-state index contributed by atoms with van der Waals surface area (Å²) >= 11 is 1.56. The Balaban J connectivity index is 1.37. The molecule has 1 atom stereocenters. The smallest absolute Gasteiger partial charge is 0.261 e. The molecule has 0 bridgehead atoms. The Morgan fingerprint density at radius 1 is 1.28 bits per heavy atom. The van der Waals surface area contributed by atoms with E-state index in [-0.39, 0.29) is 5.91 Å². The van der Waals surface area contributed by atoms with E-state index in [9.17, 15) is 4.79 Å². The Kier molecular flexibility index (Phi) is 4.63. The Labute approximate surface area is 150 Å². The van der Waals surface area contributed by atoms with Crippen molar-refractivity contribution in [2.45, 2.75) is 25.4 Å². The van der Waals surface area contributed by atoms with Crippen LogP contribution < -0.4 is 10.6 Å². The minimum absolute atomic E-state index is 0.0708. The van der Waals surface area contributed by atoms with Gasteiger partial charge >= 0.3 is 0 Å². The van der Waals surface area contributed by atoms with Crippen LogP contribution in [0.3, 0.4) is 0 Å². The summed E-state index contributed by atoms with van der Waals surface area (Å²) in [4.78, 5) is 18.7. The molecule has 6 heteroatoms. The van der Waals surface area contributed by atoms with Crippen molar-refractivity contribution in [2.75, 3.05) is 6.54 Å². The highest BCUT2D eigenvalue weighted by atomic mass is 32.1. The number of hydrogen-bond donors (Lipinski definition) is 2. The normalized spacial score (nSPS) is 16.9. The van der Waals surface area contributed by atoms with Crippen LogP contribution in [0.15, 0.2) is 53.1 Å². The maximum Gasteiger partial charge on any atom is 0.261 e. The van der Waals surface area contributed by atoms with Crippen LogP contribution in [0, 0.1) is 0 Å². The standard InChI is InChI=1S/C19H19N3O2S/c23-18(17-9-8-16(25-17)15-7-4-10-20-15)21-11-14-12-24-19(22-14)13-5-2-1-3-6-13/h1-3,5-6,8-9,12,15,20H,4,7,10-11H2,(H,21,23). The minimum Gasteiger partial charge on any atom is -0.444 e. The zero-order valence-electron chi connectivity index (χ0n) is 13.7. The summed E-state index contributed by atoms with van der Waals surface area (Å²) in [7, 11) is 0. The third-order valence-corrected chi connectivity index (χ3v) is 5.45. The van der Waals surface area contributed by atoms with E-state index in [1.165, 1.54) is 11.3 Å². The summed E-state index contributed by atoms with van der Waals surface area (Å²) in [6.45, 7) is 1.41. The van der Waals surface area contributed by atoms with Gasteiger partial charge in [0.15, 0.2) is 0 Å². The van der Waals surface area contributed by atoms with Gasteiger partial charge in [-0.05, 0) is 43.7 Å². The quantitative estimate of drug-likeness (QED) is 0.733. The molecule has 4 rings (SSSR count). The van der Waals surface area contributed by atoms with E-state index in [2.05, 4.69) is 15.6 Å². The van der Waals surface area contributed by atoms with Crippen molar-refractivity contribution in [3.05, 3.63) is 64.2 Å². The minimum atomic E-state index is -0.0708. The van der Waals surface area contributed by atoms with Gasteiger partial charge in [0.1, 0.15) is 6.26 Å². The van der Waals surface area contributed by atoms with Crippen LogP contribution in [0.2, 0.25) is 0 Å². The van der Waals surface area contributed by atoms with Crippen LogP contribution in [0.25, 0.3) is 11.5 Å². The lowest BCUT2D eigenvalue weighted by atomic mass is 10.2. The van der Waals surface area contributed by atoms with Crippen molar-refractivity contribution >= 4 is 17.2 Å². The average molecular weight is 353 g/mol. The molecule has 1 fully saturated rings. The number of nitrogens with one attached hydrogen (secondary N) is 2. The van der Waals surface area contributed by atoms with Gasteiger partial charge in [-0.1, -0.05) is 18.2 Å². The van der Waals surface area contributed by atoms with Crippen LogP contribution in [0.5, 0.6) is 0 Å². The fourth-order valence-corrected chi connectivity index (χ4v) is 3.98. The molecule has 1 aromatic carbocycles. The van der Waals surface area contributed by atoms with Crippen molar-refractivity contribution in [3.63, 3.8) is 0 Å². The molecular formula is C19H19N3O2S. The Morgan fingerprint density at radius 2 is 2.16 bits per heavy atom. The maximum atomic E-state index is 12.3. The van der Waals surface area contributed by atoms with Gasteiger partial charge < -0.3 is 15.1 Å². The lowest BCUT2D eigenvalue weighted by Gasteiger charge is -2.06. The van der Waals surface area contributed by atoms with Gasteiger partial charge in [-0.2, -0.15) is 0 Å². The van der Waals surface area contributed by atoms with Gasteiger partial charge in [-0.15, -0.1) is 11.3 Å². The molecule has 2 aromatic heterocycles. The van der Waals surface area contributed by atoms with Crippen molar-refractivity contribution in [1.82, 2.24) is 15.6 Å². The molecule has 0 aliphatic carbocycles. The molecule has 0 spiro atoms. The van der Waals surface area contributed by atoms with Gasteiger partial charge in [0.25, 0.3) is 5.91 Å². The largest absolute Gasteiger partial charge is 0.444 e. The molecule has 1 unspecified atom stereocenters. The van der Waals surface area contributed by atoms with Crippen molar-refractivity contribution in [2.24, 2.45) is 0 Å². The van der Waals surface area contributed by atoms with Gasteiger partial charge in [0.05, 0.1) is 17.1 Å². The predicted molar refractivity (Wildman–Crippen MR) is 97.4 cm³/mol. The Hall–Kier alpha value is -2.44. The molecular weight excluding hydrogens is 334 g/mol. The summed E-state index contributed by atoms with van der Waals surface area (Å²) in [5.41, 5.74) is 1.63. The molecule has 1 aliphatic rings. The molecule has 25 heavy (non-hydrogen) atoms. The number of thiophene rings is 1. The van der Waals surface area contributed by atoms with Gasteiger partial charge in [-0.3, -0.25) is 4.79 Å². The third-order valence-electron chi connectivity index (χ3n) is 4.26. The average Bonchev–Trinajstić information content (AvgIpc) is 3.41. The monoisotopic (exact) mass is 353 g/mol. The number of benzene rings is 1. The van der Waals surface area contributed by atoms with Gasteiger partial charge in [-0.25, -0.2) is 4.98 Å². The fraction of sp³-hybridized carbons (Fsp3) is 0.263. The summed E-state index contributed by atoms with van der Waals surface area (Å²) < 4.78 is 5.49. The third kappa shape index (κ3) is 3.65. The molecule has 3 aromatic rings. The predicted octanol–water partition coefficient (Wildman–Crippen LogP) is 3.76. The first-order chi connectivity index (χ1) is 12.3. The number of amides is 1. The number of nitrogens with zero attached hydrogens (tertiary/aromatic N) is 1. The number of rotatable bonds is 5. The lowest BCUT2D eigenvalue weighted by Crippen LogP contribution is -2.21. The first kappa shape index (κ1) is 16.1. The van der Waals surface area contributed by atoms with E-state index >= 15 is 0 Å². The van der Waals surface area contributed by atoms with E-state index in [4.69, 9.17) is 4.42 Å². The van der Waals surface area contributed by atoms with Crippen molar-refractivity contribution in [1.29, 1.82) is 0 Å². The highest BCUT2D eigenvalue weighted by Gasteiger charge is 2.19. The van der Waals surface area contributed by atoms with Crippen LogP contribution in [-0.2, 0) is 6.54 Å². The lowest BCUT2D eigenvalue weighted by molar-refractivity contribution is 0.0954. The van der Waals surface area contributed by atoms with E-state index < -0.39 is 0 Å². The van der Waals surface area contributed by atoms with Gasteiger partial charge in [0, 0.05) is 16.5 Å². The second-order valence-electron chi connectivity index (χ2n) is 6.04. The molecule has 2 N–H and O–H groups in total. The first-order valence-corrected chi connectivity index (χ1v) is 9.22. The summed E-state index contributed by atoms with van der Waals surface area (Å²) in [5, 5.41) is 6.37. The Bertz CT molecular complexity index is 850. The summed E-state index contributed by atoms with van der Waals surface area (Å²) in [6.07, 6.45) is 3.92. The second-order valence-corrected chi connectivity index (χ2v) is 7.16. The molecule has 5 nitrogen and oxygen atoms in total. The number of oxazole rings is 1. The number of hydrogen-bond acceptors (Lipinski definition) is 5. The van der Waals surface area contributed by atoms with Gasteiger partial charge in [0.2, 0.25) is 5.89 Å². The number of aromatic nitrogens is 1. The molecule has 1 aliphatic heterocycles. The van der Waals surface area contributed by atoms with E-state index in [1.54, 1.807) is 17.6 Å². The maximum absolute atomic E-state index is 12.3. The summed E-state index contributed by atoms with van der Waals surface area (Å²) in [5.74, 6) is 0.495. The molecule has 0 saturated carbocycles. The first-order valence-electron chi connectivity index (χ1n) is 8.41. The SMILES string of the molecule is O=C(NCc1coc(-c2ccccc2)n1)c1ccc(C2CCCN2)s1. The zero-order chi connectivity index (χ0) is 17.1. The van der Waals surface area contributed by atoms with E-state index in [0.717, 1.165) is 23.4 Å². The number of carbonyl (C=O) groups excluding carboxylic acids is 1. The molecule has 1 saturated heterocycles. The Morgan fingerprint density at radius 3 is 2.96 bits per heavy atom. The fourth-order valence-electron chi connectivity index (χ4n) is 2.95.